The van der Waals surface area contributed by atoms with E-state index in [-0.39, 0.29) is 5.91 Å². The average molecular weight is 222 g/mol. The zero-order valence-electron chi connectivity index (χ0n) is 9.33. The normalized spacial score (nSPS) is 20.6. The van der Waals surface area contributed by atoms with Gasteiger partial charge in [-0.05, 0) is 38.3 Å². The Labute approximate surface area is 95.0 Å². The van der Waals surface area contributed by atoms with Gasteiger partial charge < -0.3 is 10.6 Å². The van der Waals surface area contributed by atoms with Gasteiger partial charge in [-0.2, -0.15) is 5.10 Å². The van der Waals surface area contributed by atoms with Crippen LogP contribution in [0.1, 0.15) is 29.6 Å². The highest BCUT2D eigenvalue weighted by atomic mass is 16.1. The highest BCUT2D eigenvalue weighted by Gasteiger charge is 2.13. The minimum atomic E-state index is -0.0440. The molecule has 16 heavy (non-hydrogen) atoms. The molecule has 0 bridgehead atoms. The van der Waals surface area contributed by atoms with Crippen LogP contribution in [0.15, 0.2) is 12.4 Å². The number of piperidine rings is 1. The molecule has 1 aliphatic heterocycles. The van der Waals surface area contributed by atoms with Crippen molar-refractivity contribution in [1.29, 1.82) is 0 Å². The van der Waals surface area contributed by atoms with Crippen LogP contribution in [-0.2, 0) is 0 Å². The Morgan fingerprint density at radius 2 is 2.56 bits per heavy atom. The molecule has 1 aromatic heterocycles. The van der Waals surface area contributed by atoms with Gasteiger partial charge in [0.05, 0.1) is 11.8 Å². The maximum atomic E-state index is 11.6. The van der Waals surface area contributed by atoms with Crippen molar-refractivity contribution in [2.45, 2.75) is 19.3 Å². The number of amides is 1. The Morgan fingerprint density at radius 1 is 1.62 bits per heavy atom. The van der Waals surface area contributed by atoms with Crippen molar-refractivity contribution in [3.8, 4) is 0 Å². The SMILES string of the molecule is O=C(NCCC1CCCNC1)c1cn[nH]c1. The second kappa shape index (κ2) is 5.65. The van der Waals surface area contributed by atoms with Gasteiger partial charge in [0.2, 0.25) is 0 Å². The lowest BCUT2D eigenvalue weighted by Gasteiger charge is -2.22. The summed E-state index contributed by atoms with van der Waals surface area (Å²) in [6, 6.07) is 0. The molecule has 1 saturated heterocycles. The number of carbonyl (C=O) groups excluding carboxylic acids is 1. The van der Waals surface area contributed by atoms with E-state index in [0.29, 0.717) is 11.5 Å². The van der Waals surface area contributed by atoms with E-state index in [1.165, 1.54) is 19.0 Å². The van der Waals surface area contributed by atoms with Crippen LogP contribution in [-0.4, -0.2) is 35.7 Å². The van der Waals surface area contributed by atoms with E-state index in [1.54, 1.807) is 6.20 Å². The second-order valence-electron chi connectivity index (χ2n) is 4.24. The van der Waals surface area contributed by atoms with E-state index in [1.807, 2.05) is 0 Å². The molecule has 0 aromatic carbocycles. The molecule has 1 unspecified atom stereocenters. The van der Waals surface area contributed by atoms with Gasteiger partial charge in [-0.1, -0.05) is 0 Å². The lowest BCUT2D eigenvalue weighted by Crippen LogP contribution is -2.33. The van der Waals surface area contributed by atoms with Gasteiger partial charge in [0.1, 0.15) is 0 Å². The van der Waals surface area contributed by atoms with Crippen molar-refractivity contribution in [3.05, 3.63) is 18.0 Å². The minimum Gasteiger partial charge on any atom is -0.352 e. The molecule has 1 fully saturated rings. The standard InChI is InChI=1S/C11H18N4O/c16-11(10-7-14-15-8-10)13-5-3-9-2-1-4-12-6-9/h7-9,12H,1-6H2,(H,13,16)(H,14,15). The molecular formula is C11H18N4O. The van der Waals surface area contributed by atoms with Crippen LogP contribution in [0.5, 0.6) is 0 Å². The molecule has 3 N–H and O–H groups in total. The predicted molar refractivity (Wildman–Crippen MR) is 61.1 cm³/mol. The number of carbonyl (C=O) groups is 1. The molecule has 0 radical (unpaired) electrons. The molecule has 2 heterocycles. The van der Waals surface area contributed by atoms with Crippen molar-refractivity contribution in [3.63, 3.8) is 0 Å². The summed E-state index contributed by atoms with van der Waals surface area (Å²) < 4.78 is 0. The van der Waals surface area contributed by atoms with E-state index in [2.05, 4.69) is 20.8 Å². The van der Waals surface area contributed by atoms with Crippen LogP contribution >= 0.6 is 0 Å². The van der Waals surface area contributed by atoms with Crippen LogP contribution in [0.3, 0.4) is 0 Å². The van der Waals surface area contributed by atoms with Gasteiger partial charge in [-0.15, -0.1) is 0 Å². The summed E-state index contributed by atoms with van der Waals surface area (Å²) in [6.45, 7) is 2.97. The monoisotopic (exact) mass is 222 g/mol. The molecule has 5 nitrogen and oxygen atoms in total. The Bertz CT molecular complexity index is 317. The maximum Gasteiger partial charge on any atom is 0.254 e. The topological polar surface area (TPSA) is 69.8 Å². The number of rotatable bonds is 4. The molecule has 5 heteroatoms. The molecule has 1 atom stereocenters. The van der Waals surface area contributed by atoms with Crippen LogP contribution in [0.4, 0.5) is 0 Å². The molecule has 2 rings (SSSR count). The molecule has 0 saturated carbocycles. The first-order valence-electron chi connectivity index (χ1n) is 5.84. The molecule has 1 amide bonds. The first-order chi connectivity index (χ1) is 7.86. The summed E-state index contributed by atoms with van der Waals surface area (Å²) in [5.74, 6) is 0.663. The van der Waals surface area contributed by atoms with Gasteiger partial charge >= 0.3 is 0 Å². The third-order valence-electron chi connectivity index (χ3n) is 3.00. The third-order valence-corrected chi connectivity index (χ3v) is 3.00. The summed E-state index contributed by atoms with van der Waals surface area (Å²) in [5, 5.41) is 12.7. The Hall–Kier alpha value is -1.36. The summed E-state index contributed by atoms with van der Waals surface area (Å²) >= 11 is 0. The van der Waals surface area contributed by atoms with Crippen molar-refractivity contribution in [1.82, 2.24) is 20.8 Å². The molecule has 88 valence electrons. The van der Waals surface area contributed by atoms with Gasteiger partial charge in [0, 0.05) is 12.7 Å². The van der Waals surface area contributed by atoms with Gasteiger partial charge in [0.15, 0.2) is 0 Å². The first-order valence-corrected chi connectivity index (χ1v) is 5.84. The zero-order valence-corrected chi connectivity index (χ0v) is 9.33. The van der Waals surface area contributed by atoms with E-state index < -0.39 is 0 Å². The highest BCUT2D eigenvalue weighted by molar-refractivity contribution is 5.93. The second-order valence-corrected chi connectivity index (χ2v) is 4.24. The molecular weight excluding hydrogens is 204 g/mol. The quantitative estimate of drug-likeness (QED) is 0.696. The summed E-state index contributed by atoms with van der Waals surface area (Å²) in [4.78, 5) is 11.6. The first kappa shape index (κ1) is 11.1. The molecule has 0 aliphatic carbocycles. The number of nitrogens with one attached hydrogen (secondary N) is 3. The van der Waals surface area contributed by atoms with E-state index >= 15 is 0 Å². The lowest BCUT2D eigenvalue weighted by atomic mass is 9.96. The Kier molecular flexibility index (Phi) is 3.93. The van der Waals surface area contributed by atoms with Crippen LogP contribution in [0.25, 0.3) is 0 Å². The molecule has 0 spiro atoms. The van der Waals surface area contributed by atoms with Gasteiger partial charge in [-0.3, -0.25) is 9.89 Å². The Balaban J connectivity index is 1.66. The number of nitrogens with zero attached hydrogens (tertiary/aromatic N) is 1. The fourth-order valence-electron chi connectivity index (χ4n) is 2.04. The number of H-pyrrole nitrogens is 1. The number of hydrogen-bond donors (Lipinski definition) is 3. The fraction of sp³-hybridized carbons (Fsp3) is 0.636. The number of hydrogen-bond acceptors (Lipinski definition) is 3. The van der Waals surface area contributed by atoms with Crippen molar-refractivity contribution < 1.29 is 4.79 Å². The fourth-order valence-corrected chi connectivity index (χ4v) is 2.04. The highest BCUT2D eigenvalue weighted by Crippen LogP contribution is 2.12. The minimum absolute atomic E-state index is 0.0440. The largest absolute Gasteiger partial charge is 0.352 e. The average Bonchev–Trinajstić information content (AvgIpc) is 2.84. The predicted octanol–water partition coefficient (Wildman–Crippen LogP) is 0.529. The van der Waals surface area contributed by atoms with E-state index in [4.69, 9.17) is 0 Å². The van der Waals surface area contributed by atoms with Gasteiger partial charge in [0.25, 0.3) is 5.91 Å². The number of aromatic amines is 1. The summed E-state index contributed by atoms with van der Waals surface area (Å²) in [5.41, 5.74) is 0.599. The third kappa shape index (κ3) is 3.06. The van der Waals surface area contributed by atoms with Gasteiger partial charge in [-0.25, -0.2) is 0 Å². The Morgan fingerprint density at radius 3 is 3.25 bits per heavy atom. The maximum absolute atomic E-state index is 11.6. The lowest BCUT2D eigenvalue weighted by molar-refractivity contribution is 0.0950. The van der Waals surface area contributed by atoms with Crippen LogP contribution < -0.4 is 10.6 Å². The smallest absolute Gasteiger partial charge is 0.254 e. The van der Waals surface area contributed by atoms with Crippen molar-refractivity contribution in [2.75, 3.05) is 19.6 Å². The molecule has 1 aliphatic rings. The molecule has 1 aromatic rings. The number of aromatic nitrogens is 2. The van der Waals surface area contributed by atoms with Crippen molar-refractivity contribution in [2.24, 2.45) is 5.92 Å². The van der Waals surface area contributed by atoms with Crippen molar-refractivity contribution >= 4 is 5.91 Å². The van der Waals surface area contributed by atoms with E-state index in [0.717, 1.165) is 26.1 Å². The summed E-state index contributed by atoms with van der Waals surface area (Å²) in [7, 11) is 0. The zero-order chi connectivity index (χ0) is 11.2. The van der Waals surface area contributed by atoms with E-state index in [9.17, 15) is 4.79 Å². The summed E-state index contributed by atoms with van der Waals surface area (Å²) in [6.07, 6.45) is 6.72. The van der Waals surface area contributed by atoms with Crippen LogP contribution in [0.2, 0.25) is 0 Å². The van der Waals surface area contributed by atoms with Crippen LogP contribution in [0, 0.1) is 5.92 Å².